The van der Waals surface area contributed by atoms with Crippen molar-refractivity contribution in [1.29, 1.82) is 0 Å². The lowest BCUT2D eigenvalue weighted by molar-refractivity contribution is 1.03. The molecule has 104 valence electrons. The Hall–Kier alpha value is -1.93. The van der Waals surface area contributed by atoms with Gasteiger partial charge in [-0.2, -0.15) is 0 Å². The SMILES string of the molecule is c1ccc(Cc2nc(-c3ccccc3)sc2C2CC2)cc1. The molecule has 0 unspecified atom stereocenters. The van der Waals surface area contributed by atoms with Crippen LogP contribution in [-0.4, -0.2) is 4.98 Å². The minimum atomic E-state index is 0.763. The van der Waals surface area contributed by atoms with Crippen molar-refractivity contribution in [2.24, 2.45) is 0 Å². The fraction of sp³-hybridized carbons (Fsp3) is 0.211. The molecule has 1 aliphatic carbocycles. The van der Waals surface area contributed by atoms with Gasteiger partial charge in [0.05, 0.1) is 5.69 Å². The van der Waals surface area contributed by atoms with Gasteiger partial charge < -0.3 is 0 Å². The maximum atomic E-state index is 4.96. The number of nitrogens with zero attached hydrogens (tertiary/aromatic N) is 1. The minimum Gasteiger partial charge on any atom is -0.240 e. The smallest absolute Gasteiger partial charge is 0.123 e. The summed E-state index contributed by atoms with van der Waals surface area (Å²) in [6.45, 7) is 0. The highest BCUT2D eigenvalue weighted by molar-refractivity contribution is 7.15. The lowest BCUT2D eigenvalue weighted by Gasteiger charge is -2.00. The highest BCUT2D eigenvalue weighted by Gasteiger charge is 2.29. The zero-order chi connectivity index (χ0) is 14.1. The molecule has 2 aromatic carbocycles. The summed E-state index contributed by atoms with van der Waals surface area (Å²) < 4.78 is 0. The fourth-order valence-electron chi connectivity index (χ4n) is 2.65. The maximum absolute atomic E-state index is 4.96. The summed E-state index contributed by atoms with van der Waals surface area (Å²) in [4.78, 5) is 6.47. The predicted molar refractivity (Wildman–Crippen MR) is 88.8 cm³/mol. The van der Waals surface area contributed by atoms with E-state index in [4.69, 9.17) is 4.98 Å². The maximum Gasteiger partial charge on any atom is 0.123 e. The van der Waals surface area contributed by atoms with Gasteiger partial charge in [-0.25, -0.2) is 4.98 Å². The zero-order valence-electron chi connectivity index (χ0n) is 11.8. The van der Waals surface area contributed by atoms with E-state index < -0.39 is 0 Å². The van der Waals surface area contributed by atoms with E-state index in [9.17, 15) is 0 Å². The molecule has 4 rings (SSSR count). The Morgan fingerprint density at radius 1 is 0.905 bits per heavy atom. The molecule has 0 aliphatic heterocycles. The second kappa shape index (κ2) is 5.45. The van der Waals surface area contributed by atoms with Crippen molar-refractivity contribution in [3.63, 3.8) is 0 Å². The van der Waals surface area contributed by atoms with Gasteiger partial charge in [-0.3, -0.25) is 0 Å². The van der Waals surface area contributed by atoms with Crippen LogP contribution in [0.2, 0.25) is 0 Å². The van der Waals surface area contributed by atoms with Crippen LogP contribution < -0.4 is 0 Å². The van der Waals surface area contributed by atoms with Crippen LogP contribution in [0.5, 0.6) is 0 Å². The molecule has 1 fully saturated rings. The monoisotopic (exact) mass is 291 g/mol. The number of aromatic nitrogens is 1. The summed E-state index contributed by atoms with van der Waals surface area (Å²) in [6, 6.07) is 21.2. The molecule has 0 amide bonds. The molecule has 1 aliphatic rings. The lowest BCUT2D eigenvalue weighted by atomic mass is 10.1. The summed E-state index contributed by atoms with van der Waals surface area (Å²) >= 11 is 1.89. The van der Waals surface area contributed by atoms with Crippen LogP contribution in [0.4, 0.5) is 0 Å². The van der Waals surface area contributed by atoms with E-state index in [1.165, 1.54) is 39.5 Å². The molecule has 0 spiro atoms. The first kappa shape index (κ1) is 12.8. The zero-order valence-corrected chi connectivity index (χ0v) is 12.6. The summed E-state index contributed by atoms with van der Waals surface area (Å²) in [7, 11) is 0. The average Bonchev–Trinajstić information content (AvgIpc) is 3.30. The Morgan fingerprint density at radius 2 is 1.57 bits per heavy atom. The van der Waals surface area contributed by atoms with E-state index in [0.717, 1.165) is 12.3 Å². The van der Waals surface area contributed by atoms with Gasteiger partial charge in [0.15, 0.2) is 0 Å². The van der Waals surface area contributed by atoms with E-state index in [0.29, 0.717) is 0 Å². The van der Waals surface area contributed by atoms with Crippen molar-refractivity contribution < 1.29 is 0 Å². The van der Waals surface area contributed by atoms with Gasteiger partial charge in [0.2, 0.25) is 0 Å². The van der Waals surface area contributed by atoms with Crippen LogP contribution in [0, 0.1) is 0 Å². The number of hydrogen-bond acceptors (Lipinski definition) is 2. The standard InChI is InChI=1S/C19H17NS/c1-3-7-14(8-4-1)13-17-18(15-11-12-15)21-19(20-17)16-9-5-2-6-10-16/h1-10,15H,11-13H2. The van der Waals surface area contributed by atoms with Crippen LogP contribution in [0.25, 0.3) is 10.6 Å². The molecule has 1 aromatic heterocycles. The number of rotatable bonds is 4. The molecular formula is C19H17NS. The quantitative estimate of drug-likeness (QED) is 0.637. The molecule has 1 saturated carbocycles. The van der Waals surface area contributed by atoms with Crippen LogP contribution in [-0.2, 0) is 6.42 Å². The van der Waals surface area contributed by atoms with Crippen molar-refractivity contribution in [1.82, 2.24) is 4.98 Å². The second-order valence-corrected chi connectivity index (χ2v) is 6.66. The Kier molecular flexibility index (Phi) is 3.32. The third-order valence-corrected chi connectivity index (χ3v) is 5.22. The summed E-state index contributed by atoms with van der Waals surface area (Å²) in [5.74, 6) is 0.763. The van der Waals surface area contributed by atoms with Crippen molar-refractivity contribution in [2.75, 3.05) is 0 Å². The molecule has 2 heteroatoms. The van der Waals surface area contributed by atoms with Crippen LogP contribution in [0.3, 0.4) is 0 Å². The molecule has 0 radical (unpaired) electrons. The number of thiazole rings is 1. The molecule has 1 nitrogen and oxygen atoms in total. The van der Waals surface area contributed by atoms with Crippen LogP contribution in [0.15, 0.2) is 60.7 Å². The molecule has 0 N–H and O–H groups in total. The van der Waals surface area contributed by atoms with E-state index in [2.05, 4.69) is 60.7 Å². The van der Waals surface area contributed by atoms with Crippen molar-refractivity contribution in [3.05, 3.63) is 76.8 Å². The highest BCUT2D eigenvalue weighted by atomic mass is 32.1. The van der Waals surface area contributed by atoms with Gasteiger partial charge in [-0.05, 0) is 24.3 Å². The molecule has 3 aromatic rings. The molecule has 0 atom stereocenters. The molecule has 0 bridgehead atoms. The first-order valence-corrected chi connectivity index (χ1v) is 8.31. The largest absolute Gasteiger partial charge is 0.240 e. The number of benzene rings is 2. The first-order chi connectivity index (χ1) is 10.4. The van der Waals surface area contributed by atoms with Gasteiger partial charge in [0.25, 0.3) is 0 Å². The fourth-order valence-corrected chi connectivity index (χ4v) is 3.90. The van der Waals surface area contributed by atoms with Gasteiger partial charge in [-0.15, -0.1) is 11.3 Å². The number of hydrogen-bond donors (Lipinski definition) is 0. The van der Waals surface area contributed by atoms with E-state index in [-0.39, 0.29) is 0 Å². The van der Waals surface area contributed by atoms with Gasteiger partial charge in [0.1, 0.15) is 5.01 Å². The van der Waals surface area contributed by atoms with Crippen LogP contribution in [0.1, 0.15) is 34.9 Å². The lowest BCUT2D eigenvalue weighted by Crippen LogP contribution is -1.92. The Morgan fingerprint density at radius 3 is 2.24 bits per heavy atom. The second-order valence-electron chi connectivity index (χ2n) is 5.63. The van der Waals surface area contributed by atoms with E-state index >= 15 is 0 Å². The van der Waals surface area contributed by atoms with Crippen molar-refractivity contribution >= 4 is 11.3 Å². The molecule has 1 heterocycles. The third-order valence-electron chi connectivity index (χ3n) is 3.91. The van der Waals surface area contributed by atoms with Gasteiger partial charge in [0, 0.05) is 16.9 Å². The Labute approximate surface area is 129 Å². The van der Waals surface area contributed by atoms with Crippen molar-refractivity contribution in [3.8, 4) is 10.6 Å². The highest BCUT2D eigenvalue weighted by Crippen LogP contribution is 2.46. The molecular weight excluding hydrogens is 274 g/mol. The van der Waals surface area contributed by atoms with Gasteiger partial charge in [-0.1, -0.05) is 60.7 Å². The van der Waals surface area contributed by atoms with Crippen LogP contribution >= 0.6 is 11.3 Å². The summed E-state index contributed by atoms with van der Waals surface area (Å²) in [6.07, 6.45) is 3.62. The Bertz CT molecular complexity index is 727. The predicted octanol–water partition coefficient (Wildman–Crippen LogP) is 5.28. The van der Waals surface area contributed by atoms with E-state index in [1.54, 1.807) is 0 Å². The molecule has 0 saturated heterocycles. The topological polar surface area (TPSA) is 12.9 Å². The van der Waals surface area contributed by atoms with E-state index in [1.807, 2.05) is 11.3 Å². The summed E-state index contributed by atoms with van der Waals surface area (Å²) in [5.41, 5.74) is 3.88. The normalized spacial score (nSPS) is 14.3. The van der Waals surface area contributed by atoms with Crippen molar-refractivity contribution in [2.45, 2.75) is 25.2 Å². The Balaban J connectivity index is 1.71. The summed E-state index contributed by atoms with van der Waals surface area (Å²) in [5, 5.41) is 1.17. The first-order valence-electron chi connectivity index (χ1n) is 7.49. The third kappa shape index (κ3) is 2.77. The minimum absolute atomic E-state index is 0.763. The molecule has 21 heavy (non-hydrogen) atoms. The van der Waals surface area contributed by atoms with Gasteiger partial charge >= 0.3 is 0 Å². The average molecular weight is 291 g/mol.